The van der Waals surface area contributed by atoms with Crippen molar-refractivity contribution in [3.8, 4) is 5.75 Å². The van der Waals surface area contributed by atoms with E-state index in [1.807, 2.05) is 6.79 Å². The van der Waals surface area contributed by atoms with Crippen molar-refractivity contribution in [1.29, 1.82) is 0 Å². The molecule has 0 aliphatic rings. The van der Waals surface area contributed by atoms with Crippen LogP contribution in [0.2, 0.25) is 0 Å². The van der Waals surface area contributed by atoms with Crippen LogP contribution in [0.25, 0.3) is 0 Å². The summed E-state index contributed by atoms with van der Waals surface area (Å²) in [6, 6.07) is 5.13. The number of hydrogen-bond donors (Lipinski definition) is 0. The zero-order chi connectivity index (χ0) is 11.9. The van der Waals surface area contributed by atoms with E-state index < -0.39 is 12.1 Å². The SMILES string of the molecule is C=O.O=Cc1ccccc1OC(F)(F)F. The summed E-state index contributed by atoms with van der Waals surface area (Å²) in [6.45, 7) is 2.00. The number of carbonyl (C=O) groups is 2. The van der Waals surface area contributed by atoms with E-state index >= 15 is 0 Å². The third-order valence-corrected chi connectivity index (χ3v) is 1.27. The van der Waals surface area contributed by atoms with Gasteiger partial charge in [0.25, 0.3) is 0 Å². The average Bonchev–Trinajstić information content (AvgIpc) is 2.19. The van der Waals surface area contributed by atoms with Gasteiger partial charge in [0, 0.05) is 0 Å². The summed E-state index contributed by atoms with van der Waals surface area (Å²) < 4.78 is 38.8. The van der Waals surface area contributed by atoms with Gasteiger partial charge in [0.05, 0.1) is 5.56 Å². The van der Waals surface area contributed by atoms with Crippen LogP contribution in [0, 0.1) is 0 Å². The summed E-state index contributed by atoms with van der Waals surface area (Å²) in [6.07, 6.45) is -4.46. The lowest BCUT2D eigenvalue weighted by molar-refractivity contribution is -0.274. The van der Waals surface area contributed by atoms with Gasteiger partial charge in [-0.25, -0.2) is 0 Å². The molecule has 3 nitrogen and oxygen atoms in total. The Morgan fingerprint density at radius 3 is 2.20 bits per heavy atom. The molecule has 0 saturated carbocycles. The molecular formula is C9H7F3O3. The number of benzene rings is 1. The van der Waals surface area contributed by atoms with E-state index in [2.05, 4.69) is 4.74 Å². The van der Waals surface area contributed by atoms with Crippen molar-refractivity contribution in [2.75, 3.05) is 0 Å². The van der Waals surface area contributed by atoms with E-state index in [1.165, 1.54) is 18.2 Å². The molecular weight excluding hydrogens is 213 g/mol. The first-order chi connectivity index (χ1) is 7.03. The Balaban J connectivity index is 0.000000921. The molecule has 1 aromatic rings. The molecule has 0 N–H and O–H groups in total. The Bertz CT molecular complexity index is 323. The van der Waals surface area contributed by atoms with Crippen molar-refractivity contribution in [3.05, 3.63) is 29.8 Å². The maximum atomic E-state index is 11.7. The quantitative estimate of drug-likeness (QED) is 0.717. The Morgan fingerprint density at radius 2 is 1.73 bits per heavy atom. The predicted molar refractivity (Wildman–Crippen MR) is 45.6 cm³/mol. The molecule has 0 unspecified atom stereocenters. The summed E-state index contributed by atoms with van der Waals surface area (Å²) in [5.41, 5.74) is -0.125. The molecule has 0 aromatic heterocycles. The Labute approximate surface area is 83.5 Å². The van der Waals surface area contributed by atoms with Gasteiger partial charge in [-0.15, -0.1) is 13.2 Å². The second-order valence-electron chi connectivity index (χ2n) is 2.20. The third-order valence-electron chi connectivity index (χ3n) is 1.27. The van der Waals surface area contributed by atoms with Crippen molar-refractivity contribution < 1.29 is 27.5 Å². The molecule has 1 rings (SSSR count). The summed E-state index contributed by atoms with van der Waals surface area (Å²) in [4.78, 5) is 18.3. The molecule has 0 heterocycles. The van der Waals surface area contributed by atoms with Gasteiger partial charge >= 0.3 is 6.36 Å². The minimum absolute atomic E-state index is 0.125. The fourth-order valence-corrected chi connectivity index (χ4v) is 0.796. The van der Waals surface area contributed by atoms with Crippen LogP contribution in [-0.4, -0.2) is 19.4 Å². The molecule has 0 radical (unpaired) electrons. The van der Waals surface area contributed by atoms with E-state index in [4.69, 9.17) is 4.79 Å². The number of ether oxygens (including phenoxy) is 1. The third kappa shape index (κ3) is 4.80. The van der Waals surface area contributed by atoms with Gasteiger partial charge < -0.3 is 9.53 Å². The normalized spacial score (nSPS) is 9.80. The molecule has 82 valence electrons. The number of para-hydroxylation sites is 1. The van der Waals surface area contributed by atoms with Crippen molar-refractivity contribution in [2.45, 2.75) is 6.36 Å². The molecule has 0 aliphatic heterocycles. The van der Waals surface area contributed by atoms with Crippen LogP contribution >= 0.6 is 0 Å². The molecule has 0 atom stereocenters. The minimum Gasteiger partial charge on any atom is -0.405 e. The molecule has 0 amide bonds. The summed E-state index contributed by atoms with van der Waals surface area (Å²) >= 11 is 0. The van der Waals surface area contributed by atoms with Crippen LogP contribution in [0.15, 0.2) is 24.3 Å². The molecule has 0 fully saturated rings. The van der Waals surface area contributed by atoms with Crippen LogP contribution in [0.1, 0.15) is 10.4 Å². The number of hydrogen-bond acceptors (Lipinski definition) is 3. The maximum Gasteiger partial charge on any atom is 0.573 e. The summed E-state index contributed by atoms with van der Waals surface area (Å²) in [5.74, 6) is -0.481. The van der Waals surface area contributed by atoms with Crippen LogP contribution in [0.3, 0.4) is 0 Å². The topological polar surface area (TPSA) is 43.4 Å². The Morgan fingerprint density at radius 1 is 1.20 bits per heavy atom. The van der Waals surface area contributed by atoms with Gasteiger partial charge in [-0.3, -0.25) is 4.79 Å². The number of carbonyl (C=O) groups excluding carboxylic acids is 2. The van der Waals surface area contributed by atoms with Crippen molar-refractivity contribution in [2.24, 2.45) is 0 Å². The molecule has 0 aliphatic carbocycles. The van der Waals surface area contributed by atoms with E-state index in [9.17, 15) is 18.0 Å². The standard InChI is InChI=1S/C8H5F3O2.CH2O/c9-8(10,11)13-7-4-2-1-3-6(7)5-12;1-2/h1-5H;1H2. The fraction of sp³-hybridized carbons (Fsp3) is 0.111. The van der Waals surface area contributed by atoms with Gasteiger partial charge in [-0.05, 0) is 12.1 Å². The van der Waals surface area contributed by atoms with Crippen LogP contribution in [0.5, 0.6) is 5.75 Å². The molecule has 6 heteroatoms. The second-order valence-corrected chi connectivity index (χ2v) is 2.20. The van der Waals surface area contributed by atoms with E-state index in [1.54, 1.807) is 0 Å². The smallest absolute Gasteiger partial charge is 0.405 e. The summed E-state index contributed by atoms with van der Waals surface area (Å²) in [5, 5.41) is 0. The van der Waals surface area contributed by atoms with Gasteiger partial charge in [-0.1, -0.05) is 12.1 Å². The van der Waals surface area contributed by atoms with E-state index in [-0.39, 0.29) is 5.56 Å². The Hall–Kier alpha value is -1.85. The predicted octanol–water partition coefficient (Wildman–Crippen LogP) is 2.21. The molecule has 1 aromatic carbocycles. The molecule has 0 spiro atoms. The number of aldehydes is 1. The highest BCUT2D eigenvalue weighted by Gasteiger charge is 2.31. The lowest BCUT2D eigenvalue weighted by Crippen LogP contribution is -2.17. The largest absolute Gasteiger partial charge is 0.573 e. The highest BCUT2D eigenvalue weighted by Crippen LogP contribution is 2.24. The lowest BCUT2D eigenvalue weighted by atomic mass is 10.2. The Kier molecular flexibility index (Phi) is 5.08. The first-order valence-corrected chi connectivity index (χ1v) is 3.62. The zero-order valence-electron chi connectivity index (χ0n) is 7.45. The second kappa shape index (κ2) is 5.79. The van der Waals surface area contributed by atoms with E-state index in [0.717, 1.165) is 6.07 Å². The van der Waals surface area contributed by atoms with E-state index in [0.29, 0.717) is 6.29 Å². The monoisotopic (exact) mass is 220 g/mol. The lowest BCUT2D eigenvalue weighted by Gasteiger charge is -2.09. The van der Waals surface area contributed by atoms with Crippen molar-refractivity contribution in [1.82, 2.24) is 0 Å². The first-order valence-electron chi connectivity index (χ1n) is 3.62. The van der Waals surface area contributed by atoms with Crippen molar-refractivity contribution >= 4 is 13.1 Å². The maximum absolute atomic E-state index is 11.7. The van der Waals surface area contributed by atoms with Crippen LogP contribution < -0.4 is 4.74 Å². The highest BCUT2D eigenvalue weighted by atomic mass is 19.4. The van der Waals surface area contributed by atoms with Crippen molar-refractivity contribution in [3.63, 3.8) is 0 Å². The van der Waals surface area contributed by atoms with Gasteiger partial charge in [0.1, 0.15) is 12.5 Å². The number of alkyl halides is 3. The first kappa shape index (κ1) is 13.2. The molecule has 15 heavy (non-hydrogen) atoms. The van der Waals surface area contributed by atoms with Gasteiger partial charge in [-0.2, -0.15) is 0 Å². The number of rotatable bonds is 2. The fourth-order valence-electron chi connectivity index (χ4n) is 0.796. The van der Waals surface area contributed by atoms with Crippen LogP contribution in [0.4, 0.5) is 13.2 Å². The highest BCUT2D eigenvalue weighted by molar-refractivity contribution is 5.79. The van der Waals surface area contributed by atoms with Gasteiger partial charge in [0.15, 0.2) is 6.29 Å². The summed E-state index contributed by atoms with van der Waals surface area (Å²) in [7, 11) is 0. The molecule has 0 bridgehead atoms. The zero-order valence-corrected chi connectivity index (χ0v) is 7.45. The van der Waals surface area contributed by atoms with Gasteiger partial charge in [0.2, 0.25) is 0 Å². The van der Waals surface area contributed by atoms with Crippen LogP contribution in [-0.2, 0) is 4.79 Å². The average molecular weight is 220 g/mol. The molecule has 0 saturated heterocycles. The number of halogens is 3. The minimum atomic E-state index is -4.76.